The van der Waals surface area contributed by atoms with Crippen LogP contribution in [0.15, 0.2) is 0 Å². The van der Waals surface area contributed by atoms with Crippen molar-refractivity contribution in [2.75, 3.05) is 110 Å². The normalized spacial score (nSPS) is 11.5. The Balaban J connectivity index is 3.00. The van der Waals surface area contributed by atoms with E-state index in [9.17, 15) is 0 Å². The van der Waals surface area contributed by atoms with Gasteiger partial charge in [0.1, 0.15) is 0 Å². The average Bonchev–Trinajstić information content (AvgIpc) is 2.87. The summed E-state index contributed by atoms with van der Waals surface area (Å²) in [6.07, 6.45) is 10.6. The number of hydrogen-bond donors (Lipinski definition) is 0. The maximum absolute atomic E-state index is 5.61. The van der Waals surface area contributed by atoms with Crippen LogP contribution in [0.1, 0.15) is 58.3 Å². The molecule has 0 aliphatic rings. The van der Waals surface area contributed by atoms with E-state index in [-0.39, 0.29) is 0 Å². The molecule has 0 bridgehead atoms. The summed E-state index contributed by atoms with van der Waals surface area (Å²) in [7, 11) is 0. The molecular weight excluding hydrogens is 567 g/mol. The molecule has 35 heavy (non-hydrogen) atoms. The topological polar surface area (TPSA) is 73.8 Å². The lowest BCUT2D eigenvalue weighted by molar-refractivity contribution is -0.0228. The van der Waals surface area contributed by atoms with Crippen LogP contribution >= 0.6 is 22.6 Å². The van der Waals surface area contributed by atoms with Crippen molar-refractivity contribution in [3.8, 4) is 0 Å². The Morgan fingerprint density at radius 1 is 0.314 bits per heavy atom. The molecular formula is C26H53IO8. The van der Waals surface area contributed by atoms with E-state index in [4.69, 9.17) is 37.9 Å². The highest BCUT2D eigenvalue weighted by molar-refractivity contribution is 14.1. The van der Waals surface area contributed by atoms with Crippen molar-refractivity contribution in [1.82, 2.24) is 0 Å². The monoisotopic (exact) mass is 620 g/mol. The first-order chi connectivity index (χ1) is 17.4. The minimum absolute atomic E-state index is 0.552. The van der Waals surface area contributed by atoms with Gasteiger partial charge in [-0.2, -0.15) is 0 Å². The lowest BCUT2D eigenvalue weighted by atomic mass is 10.1. The van der Waals surface area contributed by atoms with Crippen molar-refractivity contribution in [2.24, 2.45) is 0 Å². The Morgan fingerprint density at radius 3 is 0.886 bits per heavy atom. The van der Waals surface area contributed by atoms with E-state index < -0.39 is 0 Å². The second kappa shape index (κ2) is 34.4. The van der Waals surface area contributed by atoms with Gasteiger partial charge in [-0.05, 0) is 6.42 Å². The fourth-order valence-corrected chi connectivity index (χ4v) is 3.35. The van der Waals surface area contributed by atoms with Gasteiger partial charge in [-0.25, -0.2) is 0 Å². The third kappa shape index (κ3) is 34.4. The zero-order valence-electron chi connectivity index (χ0n) is 22.3. The Bertz CT molecular complexity index is 334. The summed E-state index contributed by atoms with van der Waals surface area (Å²) in [5, 5.41) is 0. The van der Waals surface area contributed by atoms with Crippen molar-refractivity contribution in [1.29, 1.82) is 0 Å². The van der Waals surface area contributed by atoms with E-state index in [0.717, 1.165) is 24.1 Å². The van der Waals surface area contributed by atoms with Crippen LogP contribution in [0.5, 0.6) is 0 Å². The predicted molar refractivity (Wildman–Crippen MR) is 148 cm³/mol. The molecule has 212 valence electrons. The first-order valence-electron chi connectivity index (χ1n) is 13.6. The minimum atomic E-state index is 0.552. The molecule has 9 heteroatoms. The van der Waals surface area contributed by atoms with E-state index in [1.165, 1.54) is 44.9 Å². The van der Waals surface area contributed by atoms with Crippen molar-refractivity contribution in [3.63, 3.8) is 0 Å². The zero-order chi connectivity index (χ0) is 25.3. The van der Waals surface area contributed by atoms with E-state index in [2.05, 4.69) is 29.5 Å². The summed E-state index contributed by atoms with van der Waals surface area (Å²) in [6, 6.07) is 0. The number of hydrogen-bond acceptors (Lipinski definition) is 8. The molecule has 0 heterocycles. The minimum Gasteiger partial charge on any atom is -0.379 e. The van der Waals surface area contributed by atoms with Crippen molar-refractivity contribution in [2.45, 2.75) is 58.3 Å². The van der Waals surface area contributed by atoms with E-state index in [1.54, 1.807) is 0 Å². The van der Waals surface area contributed by atoms with Crippen LogP contribution in [-0.2, 0) is 37.9 Å². The molecule has 0 atom stereocenters. The van der Waals surface area contributed by atoms with Gasteiger partial charge in [0.05, 0.1) is 99.1 Å². The van der Waals surface area contributed by atoms with Gasteiger partial charge in [0.25, 0.3) is 0 Å². The third-order valence-electron chi connectivity index (χ3n) is 4.97. The number of alkyl halides is 1. The van der Waals surface area contributed by atoms with Gasteiger partial charge in [-0.1, -0.05) is 74.5 Å². The van der Waals surface area contributed by atoms with Gasteiger partial charge in [0.15, 0.2) is 0 Å². The fourth-order valence-electron chi connectivity index (χ4n) is 3.03. The van der Waals surface area contributed by atoms with Gasteiger partial charge in [-0.3, -0.25) is 0 Å². The maximum atomic E-state index is 5.61. The second-order valence-electron chi connectivity index (χ2n) is 8.06. The number of rotatable bonds is 32. The third-order valence-corrected chi connectivity index (χ3v) is 5.41. The Morgan fingerprint density at radius 2 is 0.571 bits per heavy atom. The molecule has 0 saturated heterocycles. The molecule has 0 aliphatic carbocycles. The smallest absolute Gasteiger partial charge is 0.0701 e. The summed E-state index contributed by atoms with van der Waals surface area (Å²) in [5.41, 5.74) is 0. The molecule has 0 rings (SSSR count). The largest absolute Gasteiger partial charge is 0.379 e. The van der Waals surface area contributed by atoms with E-state index in [0.29, 0.717) is 92.5 Å². The maximum Gasteiger partial charge on any atom is 0.0701 e. The molecule has 0 aliphatic heterocycles. The highest BCUT2D eigenvalue weighted by atomic mass is 127. The van der Waals surface area contributed by atoms with Crippen LogP contribution in [0.25, 0.3) is 0 Å². The number of halogens is 1. The summed E-state index contributed by atoms with van der Waals surface area (Å²) >= 11 is 2.28. The Hall–Kier alpha value is 0.410. The van der Waals surface area contributed by atoms with Crippen LogP contribution in [0.4, 0.5) is 0 Å². The lowest BCUT2D eigenvalue weighted by Crippen LogP contribution is -2.15. The average molecular weight is 621 g/mol. The Kier molecular flexibility index (Phi) is 34.8. The van der Waals surface area contributed by atoms with Gasteiger partial charge in [0.2, 0.25) is 0 Å². The molecule has 0 aromatic heterocycles. The first kappa shape index (κ1) is 35.4. The number of ether oxygens (including phenoxy) is 8. The molecule has 0 spiro atoms. The van der Waals surface area contributed by atoms with Crippen LogP contribution in [0.3, 0.4) is 0 Å². The highest BCUT2D eigenvalue weighted by Crippen LogP contribution is 2.08. The quantitative estimate of drug-likeness (QED) is 0.0610. The molecule has 0 aromatic carbocycles. The molecule has 8 nitrogen and oxygen atoms in total. The molecule has 0 aromatic rings. The Labute approximate surface area is 228 Å². The predicted octanol–water partition coefficient (Wildman–Crippen LogP) is 4.69. The number of unbranched alkanes of at least 4 members (excludes halogenated alkanes) is 7. The molecule has 0 unspecified atom stereocenters. The molecule has 0 N–H and O–H groups in total. The zero-order valence-corrected chi connectivity index (χ0v) is 24.5. The standard InChI is InChI=1S/C26H53IO8/c1-2-3-4-5-6-7-8-9-11-28-13-15-30-17-19-32-21-23-34-25-26-35-24-22-33-20-18-31-16-14-29-12-10-27/h2-26H2,1H3. The summed E-state index contributed by atoms with van der Waals surface area (Å²) in [5.74, 6) is 0. The van der Waals surface area contributed by atoms with Gasteiger partial charge < -0.3 is 37.9 Å². The van der Waals surface area contributed by atoms with E-state index in [1.807, 2.05) is 0 Å². The summed E-state index contributed by atoms with van der Waals surface area (Å²) in [4.78, 5) is 0. The van der Waals surface area contributed by atoms with Crippen molar-refractivity contribution in [3.05, 3.63) is 0 Å². The summed E-state index contributed by atoms with van der Waals surface area (Å²) in [6.45, 7) is 12.0. The van der Waals surface area contributed by atoms with Crippen molar-refractivity contribution < 1.29 is 37.9 Å². The van der Waals surface area contributed by atoms with Crippen molar-refractivity contribution >= 4 is 22.6 Å². The highest BCUT2D eigenvalue weighted by Gasteiger charge is 1.96. The SMILES string of the molecule is CCCCCCCCCCOCCOCCOCCOCCOCCOCCOCCOCCI. The van der Waals surface area contributed by atoms with Crippen LogP contribution < -0.4 is 0 Å². The lowest BCUT2D eigenvalue weighted by Gasteiger charge is -2.08. The van der Waals surface area contributed by atoms with Crippen LogP contribution in [0.2, 0.25) is 0 Å². The molecule has 0 saturated carbocycles. The van der Waals surface area contributed by atoms with Gasteiger partial charge >= 0.3 is 0 Å². The fraction of sp³-hybridized carbons (Fsp3) is 1.00. The second-order valence-corrected chi connectivity index (χ2v) is 9.14. The van der Waals surface area contributed by atoms with Gasteiger partial charge in [0, 0.05) is 11.0 Å². The summed E-state index contributed by atoms with van der Waals surface area (Å²) < 4.78 is 44.7. The van der Waals surface area contributed by atoms with Gasteiger partial charge in [-0.15, -0.1) is 0 Å². The van der Waals surface area contributed by atoms with E-state index >= 15 is 0 Å². The first-order valence-corrected chi connectivity index (χ1v) is 15.1. The molecule has 0 radical (unpaired) electrons. The van der Waals surface area contributed by atoms with Crippen LogP contribution in [-0.4, -0.2) is 110 Å². The molecule has 0 fully saturated rings. The van der Waals surface area contributed by atoms with Crippen LogP contribution in [0, 0.1) is 0 Å². The molecule has 0 amide bonds.